The summed E-state index contributed by atoms with van der Waals surface area (Å²) in [6.45, 7) is 4.04. The first-order valence-electron chi connectivity index (χ1n) is 5.34. The van der Waals surface area contributed by atoms with E-state index in [0.717, 1.165) is 25.1 Å². The van der Waals surface area contributed by atoms with Crippen molar-refractivity contribution in [3.8, 4) is 0 Å². The van der Waals surface area contributed by atoms with Crippen molar-refractivity contribution in [3.05, 3.63) is 35.4 Å². The first kappa shape index (κ1) is 10.6. The van der Waals surface area contributed by atoms with Crippen LogP contribution in [0.2, 0.25) is 0 Å². The summed E-state index contributed by atoms with van der Waals surface area (Å²) < 4.78 is 25.8. The topological polar surface area (TPSA) is 12.0 Å². The Kier molecular flexibility index (Phi) is 3.00. The molecule has 1 N–H and O–H groups in total. The molecule has 3 heteroatoms. The van der Waals surface area contributed by atoms with Crippen molar-refractivity contribution in [2.45, 2.75) is 19.3 Å². The van der Waals surface area contributed by atoms with Crippen molar-refractivity contribution in [1.82, 2.24) is 5.32 Å². The molecule has 1 fully saturated rings. The maximum absolute atomic E-state index is 13.1. The van der Waals surface area contributed by atoms with Crippen molar-refractivity contribution in [2.24, 2.45) is 5.92 Å². The number of hydrogen-bond acceptors (Lipinski definition) is 1. The van der Waals surface area contributed by atoms with Crippen LogP contribution in [-0.4, -0.2) is 13.1 Å². The summed E-state index contributed by atoms with van der Waals surface area (Å²) in [5.74, 6) is -0.677. The van der Waals surface area contributed by atoms with Gasteiger partial charge in [0.25, 0.3) is 0 Å². The maximum atomic E-state index is 13.1. The Morgan fingerprint density at radius 2 is 2.07 bits per heavy atom. The summed E-state index contributed by atoms with van der Waals surface area (Å²) in [6, 6.07) is 4.26. The highest BCUT2D eigenvalue weighted by Gasteiger charge is 2.23. The Balaban J connectivity index is 2.24. The summed E-state index contributed by atoms with van der Waals surface area (Å²) >= 11 is 0. The van der Waals surface area contributed by atoms with Gasteiger partial charge in [-0.1, -0.05) is 13.0 Å². The van der Waals surface area contributed by atoms with Gasteiger partial charge in [0.15, 0.2) is 11.6 Å². The van der Waals surface area contributed by atoms with E-state index >= 15 is 0 Å². The number of benzene rings is 1. The molecule has 0 spiro atoms. The van der Waals surface area contributed by atoms with Gasteiger partial charge in [0.1, 0.15) is 0 Å². The Morgan fingerprint density at radius 1 is 1.27 bits per heavy atom. The second kappa shape index (κ2) is 4.27. The molecule has 1 aromatic carbocycles. The number of rotatable bonds is 1. The first-order valence-corrected chi connectivity index (χ1v) is 5.34. The Labute approximate surface area is 88.5 Å². The average molecular weight is 211 g/mol. The summed E-state index contributed by atoms with van der Waals surface area (Å²) in [7, 11) is 0. The molecule has 0 radical (unpaired) electrons. The third-order valence-corrected chi connectivity index (χ3v) is 3.16. The third kappa shape index (κ3) is 2.17. The molecule has 82 valence electrons. The van der Waals surface area contributed by atoms with Crippen LogP contribution in [0.15, 0.2) is 18.2 Å². The van der Waals surface area contributed by atoms with Gasteiger partial charge in [0.05, 0.1) is 0 Å². The molecular weight excluding hydrogens is 196 g/mol. The number of nitrogens with one attached hydrogen (secondary N) is 1. The molecule has 1 aliphatic rings. The Morgan fingerprint density at radius 3 is 2.73 bits per heavy atom. The number of hydrogen-bond donors (Lipinski definition) is 1. The van der Waals surface area contributed by atoms with Crippen LogP contribution in [0.25, 0.3) is 0 Å². The largest absolute Gasteiger partial charge is 0.316 e. The molecule has 15 heavy (non-hydrogen) atoms. The van der Waals surface area contributed by atoms with E-state index in [2.05, 4.69) is 12.2 Å². The van der Waals surface area contributed by atoms with E-state index < -0.39 is 11.6 Å². The van der Waals surface area contributed by atoms with Gasteiger partial charge in [-0.05, 0) is 49.0 Å². The van der Waals surface area contributed by atoms with Gasteiger partial charge in [-0.25, -0.2) is 8.78 Å². The Bertz CT molecular complexity index is 351. The summed E-state index contributed by atoms with van der Waals surface area (Å²) in [5.41, 5.74) is 0.919. The lowest BCUT2D eigenvalue weighted by Gasteiger charge is -2.29. The van der Waals surface area contributed by atoms with Crippen LogP contribution in [0.5, 0.6) is 0 Å². The van der Waals surface area contributed by atoms with E-state index in [1.54, 1.807) is 6.07 Å². The summed E-state index contributed by atoms with van der Waals surface area (Å²) in [4.78, 5) is 0. The average Bonchev–Trinajstić information content (AvgIpc) is 2.23. The molecule has 0 amide bonds. The lowest BCUT2D eigenvalue weighted by molar-refractivity contribution is 0.348. The van der Waals surface area contributed by atoms with E-state index in [1.807, 2.05) is 0 Å². The second-order valence-corrected chi connectivity index (χ2v) is 4.25. The fourth-order valence-corrected chi connectivity index (χ4v) is 2.25. The van der Waals surface area contributed by atoms with Crippen LogP contribution in [0.3, 0.4) is 0 Å². The van der Waals surface area contributed by atoms with Gasteiger partial charge in [-0.15, -0.1) is 0 Å². The highest BCUT2D eigenvalue weighted by atomic mass is 19.2. The van der Waals surface area contributed by atoms with Crippen molar-refractivity contribution in [2.75, 3.05) is 13.1 Å². The molecule has 1 aliphatic heterocycles. The predicted molar refractivity (Wildman–Crippen MR) is 55.7 cm³/mol. The molecule has 1 heterocycles. The number of halogens is 2. The number of piperidine rings is 1. The minimum Gasteiger partial charge on any atom is -0.316 e. The van der Waals surface area contributed by atoms with Gasteiger partial charge >= 0.3 is 0 Å². The van der Waals surface area contributed by atoms with Crippen LogP contribution in [0.1, 0.15) is 24.8 Å². The second-order valence-electron chi connectivity index (χ2n) is 4.25. The third-order valence-electron chi connectivity index (χ3n) is 3.16. The van der Waals surface area contributed by atoms with Gasteiger partial charge in [-0.3, -0.25) is 0 Å². The molecular formula is C12H15F2N. The molecule has 0 aliphatic carbocycles. The zero-order chi connectivity index (χ0) is 10.8. The first-order chi connectivity index (χ1) is 7.18. The smallest absolute Gasteiger partial charge is 0.159 e. The van der Waals surface area contributed by atoms with Gasteiger partial charge < -0.3 is 5.32 Å². The highest BCUT2D eigenvalue weighted by molar-refractivity contribution is 5.23. The van der Waals surface area contributed by atoms with Crippen LogP contribution in [-0.2, 0) is 0 Å². The van der Waals surface area contributed by atoms with Crippen LogP contribution in [0.4, 0.5) is 8.78 Å². The molecule has 1 nitrogen and oxygen atoms in total. The maximum Gasteiger partial charge on any atom is 0.159 e. The zero-order valence-electron chi connectivity index (χ0n) is 8.76. The zero-order valence-corrected chi connectivity index (χ0v) is 8.76. The van der Waals surface area contributed by atoms with Gasteiger partial charge in [0, 0.05) is 0 Å². The monoisotopic (exact) mass is 211 g/mol. The standard InChI is InChI=1S/C12H15F2N/c1-8-7-15-5-4-10(8)9-2-3-11(13)12(14)6-9/h2-3,6,8,10,15H,4-5,7H2,1H3/t8-,10+/m0/s1. The van der Waals surface area contributed by atoms with Crippen molar-refractivity contribution >= 4 is 0 Å². The van der Waals surface area contributed by atoms with Crippen LogP contribution in [0, 0.1) is 17.6 Å². The molecule has 2 atom stereocenters. The minimum atomic E-state index is -0.764. The van der Waals surface area contributed by atoms with Crippen molar-refractivity contribution in [3.63, 3.8) is 0 Å². The van der Waals surface area contributed by atoms with E-state index in [-0.39, 0.29) is 0 Å². The lowest BCUT2D eigenvalue weighted by Crippen LogP contribution is -2.33. The quantitative estimate of drug-likeness (QED) is 0.753. The fourth-order valence-electron chi connectivity index (χ4n) is 2.25. The van der Waals surface area contributed by atoms with Crippen molar-refractivity contribution in [1.29, 1.82) is 0 Å². The fraction of sp³-hybridized carbons (Fsp3) is 0.500. The van der Waals surface area contributed by atoms with Crippen LogP contribution < -0.4 is 5.32 Å². The molecule has 2 rings (SSSR count). The molecule has 1 saturated heterocycles. The van der Waals surface area contributed by atoms with Gasteiger partial charge in [0.2, 0.25) is 0 Å². The molecule has 1 aromatic rings. The van der Waals surface area contributed by atoms with Gasteiger partial charge in [-0.2, -0.15) is 0 Å². The van der Waals surface area contributed by atoms with Crippen molar-refractivity contribution < 1.29 is 8.78 Å². The summed E-state index contributed by atoms with van der Waals surface area (Å²) in [6.07, 6.45) is 0.992. The molecule has 0 bridgehead atoms. The molecule has 0 aromatic heterocycles. The minimum absolute atomic E-state index is 0.348. The lowest BCUT2D eigenvalue weighted by atomic mass is 9.82. The molecule has 0 saturated carbocycles. The van der Waals surface area contributed by atoms with E-state index in [0.29, 0.717) is 11.8 Å². The summed E-state index contributed by atoms with van der Waals surface area (Å²) in [5, 5.41) is 3.29. The van der Waals surface area contributed by atoms with E-state index in [4.69, 9.17) is 0 Å². The SMILES string of the molecule is C[C@H]1CNCC[C@H]1c1ccc(F)c(F)c1. The highest BCUT2D eigenvalue weighted by Crippen LogP contribution is 2.30. The van der Waals surface area contributed by atoms with Crippen LogP contribution >= 0.6 is 0 Å². The van der Waals surface area contributed by atoms with E-state index in [9.17, 15) is 8.78 Å². The normalized spacial score (nSPS) is 26.6. The van der Waals surface area contributed by atoms with E-state index in [1.165, 1.54) is 12.1 Å². The predicted octanol–water partition coefficient (Wildman–Crippen LogP) is 2.68. The Hall–Kier alpha value is -0.960. The molecule has 0 unspecified atom stereocenters.